The summed E-state index contributed by atoms with van der Waals surface area (Å²) in [5.41, 5.74) is 2.02. The summed E-state index contributed by atoms with van der Waals surface area (Å²) in [6.45, 7) is 2.89. The first-order valence-electron chi connectivity index (χ1n) is 9.67. The maximum atomic E-state index is 13.2. The Labute approximate surface area is 171 Å². The molecule has 0 spiro atoms. The van der Waals surface area contributed by atoms with E-state index in [1.54, 1.807) is 23.1 Å². The van der Waals surface area contributed by atoms with Crippen LogP contribution in [-0.2, 0) is 24.2 Å². The number of thioether (sulfide) groups is 1. The van der Waals surface area contributed by atoms with Gasteiger partial charge in [0.25, 0.3) is 5.56 Å². The molecule has 1 aliphatic heterocycles. The van der Waals surface area contributed by atoms with Gasteiger partial charge in [0.1, 0.15) is 11.4 Å². The second kappa shape index (κ2) is 7.04. The van der Waals surface area contributed by atoms with Crippen LogP contribution < -0.4 is 10.5 Å². The predicted octanol–water partition coefficient (Wildman–Crippen LogP) is 3.86. The Morgan fingerprint density at radius 3 is 3.04 bits per heavy atom. The Morgan fingerprint density at radius 1 is 1.29 bits per heavy atom. The van der Waals surface area contributed by atoms with Crippen molar-refractivity contribution in [3.63, 3.8) is 0 Å². The number of carbonyl (C=O) groups is 1. The third-order valence-corrected chi connectivity index (χ3v) is 7.98. The molecule has 5 nitrogen and oxygen atoms in total. The molecule has 28 heavy (non-hydrogen) atoms. The van der Waals surface area contributed by atoms with Crippen LogP contribution in [0.5, 0.6) is 0 Å². The molecule has 0 saturated heterocycles. The molecule has 1 amide bonds. The zero-order valence-corrected chi connectivity index (χ0v) is 17.3. The monoisotopic (exact) mass is 411 g/mol. The normalized spacial score (nSPS) is 18.8. The van der Waals surface area contributed by atoms with Gasteiger partial charge in [-0.3, -0.25) is 14.2 Å². The average Bonchev–Trinajstić information content (AvgIpc) is 3.21. The van der Waals surface area contributed by atoms with E-state index in [0.717, 1.165) is 52.0 Å². The summed E-state index contributed by atoms with van der Waals surface area (Å²) in [6, 6.07) is 8.03. The number of anilines is 1. The van der Waals surface area contributed by atoms with E-state index in [9.17, 15) is 9.59 Å². The number of rotatable bonds is 2. The molecule has 2 aliphatic rings. The molecular weight excluding hydrogens is 390 g/mol. The maximum Gasteiger partial charge on any atom is 0.262 e. The van der Waals surface area contributed by atoms with Gasteiger partial charge < -0.3 is 4.90 Å². The average molecular weight is 412 g/mol. The molecule has 0 bridgehead atoms. The van der Waals surface area contributed by atoms with E-state index >= 15 is 0 Å². The van der Waals surface area contributed by atoms with Crippen molar-refractivity contribution in [3.8, 4) is 0 Å². The van der Waals surface area contributed by atoms with Crippen molar-refractivity contribution >= 4 is 44.9 Å². The van der Waals surface area contributed by atoms with E-state index in [4.69, 9.17) is 0 Å². The lowest BCUT2D eigenvalue weighted by Crippen LogP contribution is -2.37. The zero-order valence-electron chi connectivity index (χ0n) is 15.7. The van der Waals surface area contributed by atoms with E-state index in [0.29, 0.717) is 11.8 Å². The van der Waals surface area contributed by atoms with Crippen molar-refractivity contribution in [2.45, 2.75) is 49.3 Å². The number of hydrogen-bond donors (Lipinski definition) is 0. The highest BCUT2D eigenvalue weighted by Crippen LogP contribution is 2.37. The van der Waals surface area contributed by atoms with Gasteiger partial charge in [0.2, 0.25) is 5.91 Å². The topological polar surface area (TPSA) is 55.2 Å². The smallest absolute Gasteiger partial charge is 0.262 e. The molecule has 1 aliphatic carbocycles. The first-order chi connectivity index (χ1) is 13.6. The van der Waals surface area contributed by atoms with Crippen LogP contribution in [0.1, 0.15) is 30.2 Å². The summed E-state index contributed by atoms with van der Waals surface area (Å²) in [5, 5.41) is 1.18. The predicted molar refractivity (Wildman–Crippen MR) is 115 cm³/mol. The van der Waals surface area contributed by atoms with E-state index in [1.165, 1.54) is 15.8 Å². The van der Waals surface area contributed by atoms with Crippen LogP contribution >= 0.6 is 23.1 Å². The number of aromatic nitrogens is 2. The largest absolute Gasteiger partial charge is 0.310 e. The Balaban J connectivity index is 1.49. The third kappa shape index (κ3) is 2.97. The van der Waals surface area contributed by atoms with Crippen LogP contribution in [0.3, 0.4) is 0 Å². The van der Waals surface area contributed by atoms with Crippen LogP contribution in [-0.4, -0.2) is 27.3 Å². The van der Waals surface area contributed by atoms with Crippen molar-refractivity contribution < 1.29 is 4.79 Å². The van der Waals surface area contributed by atoms with Crippen molar-refractivity contribution in [1.29, 1.82) is 0 Å². The molecule has 0 fully saturated rings. The van der Waals surface area contributed by atoms with Crippen molar-refractivity contribution in [3.05, 3.63) is 51.4 Å². The number of para-hydroxylation sites is 1. The molecule has 0 unspecified atom stereocenters. The molecule has 5 rings (SSSR count). The van der Waals surface area contributed by atoms with Crippen molar-refractivity contribution in [2.24, 2.45) is 0 Å². The number of carbonyl (C=O) groups excluding carboxylic acids is 1. The summed E-state index contributed by atoms with van der Waals surface area (Å²) in [4.78, 5) is 35.8. The summed E-state index contributed by atoms with van der Waals surface area (Å²) in [5.74, 6) is -0.0581. The van der Waals surface area contributed by atoms with Gasteiger partial charge in [-0.2, -0.15) is 0 Å². The van der Waals surface area contributed by atoms with Crippen LogP contribution in [0, 0.1) is 0 Å². The Kier molecular flexibility index (Phi) is 4.51. The van der Waals surface area contributed by atoms with Gasteiger partial charge >= 0.3 is 0 Å². The summed E-state index contributed by atoms with van der Waals surface area (Å²) >= 11 is 3.43. The second-order valence-corrected chi connectivity index (χ2v) is 10.0. The van der Waals surface area contributed by atoms with Crippen LogP contribution in [0.4, 0.5) is 5.69 Å². The van der Waals surface area contributed by atoms with Crippen LogP contribution in [0.25, 0.3) is 10.2 Å². The van der Waals surface area contributed by atoms with Gasteiger partial charge in [-0.05, 0) is 43.4 Å². The number of nitrogens with zero attached hydrogens (tertiary/aromatic N) is 3. The fraction of sp³-hybridized carbons (Fsp3) is 0.381. The number of benzene rings is 1. The maximum absolute atomic E-state index is 13.2. The molecule has 3 heterocycles. The van der Waals surface area contributed by atoms with Crippen molar-refractivity contribution in [2.75, 3.05) is 11.4 Å². The summed E-state index contributed by atoms with van der Waals surface area (Å²) in [7, 11) is 0. The molecule has 1 aromatic carbocycles. The van der Waals surface area contributed by atoms with Gasteiger partial charge in [-0.15, -0.1) is 23.1 Å². The quantitative estimate of drug-likeness (QED) is 0.642. The standard InChI is InChI=1S/C21H21N3O2S2/c1-13-9-10-24(15-6-2-3-7-17(15)27-13)18(25)11-23-12-22-20-19(21(23)26)14-5-4-8-16(14)28-20/h2-3,6-7,12-13H,4-5,8-11H2,1H3/t13-/m1/s1. The molecule has 0 N–H and O–H groups in total. The van der Waals surface area contributed by atoms with Crippen molar-refractivity contribution in [1.82, 2.24) is 9.55 Å². The molecule has 3 aromatic rings. The highest BCUT2D eigenvalue weighted by molar-refractivity contribution is 8.00. The molecule has 1 atom stereocenters. The first kappa shape index (κ1) is 17.9. The van der Waals surface area contributed by atoms with Gasteiger partial charge in [-0.25, -0.2) is 4.98 Å². The number of fused-ring (bicyclic) bond motifs is 4. The Bertz CT molecular complexity index is 1130. The number of amides is 1. The van der Waals surface area contributed by atoms with E-state index < -0.39 is 0 Å². The lowest BCUT2D eigenvalue weighted by molar-refractivity contribution is -0.119. The minimum atomic E-state index is -0.0800. The zero-order chi connectivity index (χ0) is 19.3. The lowest BCUT2D eigenvalue weighted by Gasteiger charge is -2.22. The van der Waals surface area contributed by atoms with Gasteiger partial charge in [-0.1, -0.05) is 19.1 Å². The number of hydrogen-bond acceptors (Lipinski definition) is 5. The summed E-state index contributed by atoms with van der Waals surface area (Å²) < 4.78 is 1.49. The van der Waals surface area contributed by atoms with E-state index in [-0.39, 0.29) is 18.0 Å². The van der Waals surface area contributed by atoms with Crippen LogP contribution in [0.15, 0.2) is 40.3 Å². The number of thiophene rings is 1. The molecule has 7 heteroatoms. The Hall–Kier alpha value is -2.12. The van der Waals surface area contributed by atoms with Gasteiger partial charge in [0.15, 0.2) is 0 Å². The molecule has 144 valence electrons. The highest BCUT2D eigenvalue weighted by Gasteiger charge is 2.26. The fourth-order valence-electron chi connectivity index (χ4n) is 4.11. The van der Waals surface area contributed by atoms with E-state index in [2.05, 4.69) is 18.0 Å². The number of aryl methyl sites for hydroxylation is 2. The minimum absolute atomic E-state index is 0.0276. The summed E-state index contributed by atoms with van der Waals surface area (Å²) in [6.07, 6.45) is 5.55. The molecular formula is C21H21N3O2S2. The SMILES string of the molecule is C[C@@H]1CCN(C(=O)Cn2cnc3sc4c(c3c2=O)CCC4)c2ccccc2S1. The van der Waals surface area contributed by atoms with Crippen LogP contribution in [0.2, 0.25) is 0 Å². The lowest BCUT2D eigenvalue weighted by atomic mass is 10.2. The highest BCUT2D eigenvalue weighted by atomic mass is 32.2. The third-order valence-electron chi connectivity index (χ3n) is 5.54. The van der Waals surface area contributed by atoms with Gasteiger partial charge in [0.05, 0.1) is 17.4 Å². The van der Waals surface area contributed by atoms with E-state index in [1.807, 2.05) is 23.1 Å². The first-order valence-corrected chi connectivity index (χ1v) is 11.4. The molecule has 0 saturated carbocycles. The molecule has 0 radical (unpaired) electrons. The Morgan fingerprint density at radius 2 is 2.14 bits per heavy atom. The molecule has 2 aromatic heterocycles. The fourth-order valence-corrected chi connectivity index (χ4v) is 6.44. The second-order valence-electron chi connectivity index (χ2n) is 7.45. The minimum Gasteiger partial charge on any atom is -0.310 e. The van der Waals surface area contributed by atoms with Gasteiger partial charge in [0, 0.05) is 21.6 Å².